The Bertz CT molecular complexity index is 4070. The number of carbonyl (C=O) groups is 6. The molecule has 63 nitrogen and oxygen atoms in total. The zero-order valence-electron chi connectivity index (χ0n) is 79.4. The van der Waals surface area contributed by atoms with Crippen molar-refractivity contribution in [3.05, 3.63) is 0 Å². The van der Waals surface area contributed by atoms with Crippen molar-refractivity contribution in [2.45, 2.75) is 398 Å². The smallest absolute Gasteiger partial charge is 0.332 e. The predicted octanol–water partition coefficient (Wildman–Crippen LogP) is -22.3. The van der Waals surface area contributed by atoms with Gasteiger partial charge >= 0.3 is 11.9 Å². The minimum absolute atomic E-state index is 0.264. The third-order valence-electron chi connectivity index (χ3n) is 27.3. The Morgan fingerprint density at radius 3 is 0.911 bits per heavy atom. The Labute approximate surface area is 828 Å². The maximum absolute atomic E-state index is 13.4. The molecule has 11 aliphatic rings. The number of nitrogens with one attached hydrogen (secondary N) is 4. The van der Waals surface area contributed by atoms with Crippen molar-refractivity contribution in [1.82, 2.24) is 21.3 Å². The average molecular weight is 2140 g/mol. The SMILES string of the molecule is CC(=O)NC1C(O)[C@H](O[C@@H]2OC(CO)[C@H](O)[C@H](O[C@]3(OC=O)C[C@@H](O)[C@@H](C)C([C@H](O)[C@H](O)CO)O3)C2O)[C@H](CO)O[C@H]1OC1[C@@H](OCC2O[C@@H](O[C@@H]3C(CO)O[C@@H](O[C@@H]4C(CO)O[C@@H](C)C(NC(C)=O)[C@H]4O)C(NC(C)=O)[C@H]3O)C(O)[C@@H](O[C@H]3O[C@H](CO)[C@@H](O)C(O)C3O[C@@H]3OC(CO)[C@@H](O[C@@H]4OC(CO)[C@H](O)[C@H](O[C@]5(OC=O)C[C@@H](O)[C@@H](C)C([C@H](O)[C@H](O)CO)O5)C4O)[C@H](O)C3NC(C)=O)[C@@H]2O)OC(CO)[C@@H](O)[C@@H]1O. The lowest BCUT2D eigenvalue weighted by molar-refractivity contribution is -0.449. The van der Waals surface area contributed by atoms with Gasteiger partial charge in [0.1, 0.15) is 238 Å². The Kier molecular flexibility index (Phi) is 43.8. The van der Waals surface area contributed by atoms with E-state index in [1.54, 1.807) is 0 Å². The number of rotatable bonds is 43. The van der Waals surface area contributed by atoms with Gasteiger partial charge in [-0.05, 0) is 6.92 Å². The summed E-state index contributed by atoms with van der Waals surface area (Å²) in [5.41, 5.74) is 0. The molecule has 11 fully saturated rings. The Hall–Kier alpha value is -5.22. The summed E-state index contributed by atoms with van der Waals surface area (Å²) in [5.74, 6) is -11.8. The molecule has 4 amide bonds. The topological polar surface area (TPSA) is 970 Å². The zero-order chi connectivity index (χ0) is 108. The van der Waals surface area contributed by atoms with Crippen LogP contribution in [0, 0.1) is 11.8 Å². The lowest BCUT2D eigenvalue weighted by atomic mass is 9.86. The maximum Gasteiger partial charge on any atom is 0.332 e. The monoisotopic (exact) mass is 2130 g/mol. The summed E-state index contributed by atoms with van der Waals surface area (Å²) in [5, 5.41) is 351. The molecule has 57 atom stereocenters. The molecule has 0 aromatic carbocycles. The van der Waals surface area contributed by atoms with Crippen LogP contribution >= 0.6 is 0 Å². The number of aliphatic hydroxyl groups is 30. The first-order chi connectivity index (χ1) is 69.1. The van der Waals surface area contributed by atoms with Gasteiger partial charge < -0.3 is 283 Å². The second-order valence-corrected chi connectivity index (χ2v) is 37.4. The first kappa shape index (κ1) is 121. The molecule has 11 heterocycles. The second-order valence-electron chi connectivity index (χ2n) is 37.4. The third kappa shape index (κ3) is 26.8. The first-order valence-electron chi connectivity index (χ1n) is 46.9. The van der Waals surface area contributed by atoms with E-state index < -0.39 is 458 Å². The first-order valence-corrected chi connectivity index (χ1v) is 46.9. The summed E-state index contributed by atoms with van der Waals surface area (Å²) in [7, 11) is 0. The van der Waals surface area contributed by atoms with E-state index in [4.69, 9.17) is 109 Å². The van der Waals surface area contributed by atoms with Crippen molar-refractivity contribution in [2.75, 3.05) is 72.7 Å². The van der Waals surface area contributed by atoms with E-state index in [-0.39, 0.29) is 12.9 Å². The molecule has 34 N–H and O–H groups in total. The fraction of sp³-hybridized carbons (Fsp3) is 0.928. The Morgan fingerprint density at radius 2 is 0.575 bits per heavy atom. The van der Waals surface area contributed by atoms with Crippen molar-refractivity contribution in [3.8, 4) is 0 Å². The number of aliphatic hydroxyl groups excluding tert-OH is 30. The molecule has 20 unspecified atom stereocenters. The van der Waals surface area contributed by atoms with Gasteiger partial charge in [0.05, 0.1) is 122 Å². The molecule has 0 aromatic heterocycles. The molecule has 0 radical (unpaired) electrons. The second kappa shape index (κ2) is 52.8. The van der Waals surface area contributed by atoms with Crippen molar-refractivity contribution < 1.29 is 291 Å². The van der Waals surface area contributed by atoms with E-state index in [0.717, 1.165) is 27.7 Å². The van der Waals surface area contributed by atoms with Gasteiger partial charge in [-0.2, -0.15) is 0 Å². The minimum Gasteiger partial charge on any atom is -0.410 e. The van der Waals surface area contributed by atoms with E-state index >= 15 is 0 Å². The van der Waals surface area contributed by atoms with Gasteiger partial charge in [-0.15, -0.1) is 0 Å². The van der Waals surface area contributed by atoms with Crippen molar-refractivity contribution in [2.24, 2.45) is 11.8 Å². The lowest BCUT2D eigenvalue weighted by Crippen LogP contribution is -2.71. The number of amides is 4. The Balaban J connectivity index is 0.906. The minimum atomic E-state index is -2.92. The average Bonchev–Trinajstić information content (AvgIpc) is 0.761. The predicted molar refractivity (Wildman–Crippen MR) is 452 cm³/mol. The summed E-state index contributed by atoms with van der Waals surface area (Å²) in [6.45, 7) is -5.61. The van der Waals surface area contributed by atoms with Crippen LogP contribution in [0.2, 0.25) is 0 Å². The number of carbonyl (C=O) groups excluding carboxylic acids is 6. The molecule has 0 spiro atoms. The van der Waals surface area contributed by atoms with E-state index in [1.807, 2.05) is 0 Å². The van der Waals surface area contributed by atoms with Gasteiger partial charge in [-0.3, -0.25) is 28.8 Å². The summed E-state index contributed by atoms with van der Waals surface area (Å²) >= 11 is 0. The molecule has 11 saturated heterocycles. The normalized spacial score (nSPS) is 47.5. The molecule has 63 heteroatoms. The van der Waals surface area contributed by atoms with Crippen molar-refractivity contribution in [1.29, 1.82) is 0 Å². The quantitative estimate of drug-likeness (QED) is 0.0199. The molecule has 11 rings (SSSR count). The van der Waals surface area contributed by atoms with E-state index in [1.165, 1.54) is 20.8 Å². The van der Waals surface area contributed by atoms with Crippen molar-refractivity contribution >= 4 is 36.6 Å². The highest BCUT2D eigenvalue weighted by molar-refractivity contribution is 5.74. The van der Waals surface area contributed by atoms with Crippen LogP contribution in [0.3, 0.4) is 0 Å². The van der Waals surface area contributed by atoms with E-state index in [2.05, 4.69) is 21.3 Å². The van der Waals surface area contributed by atoms with Gasteiger partial charge in [-0.1, -0.05) is 13.8 Å². The highest BCUT2D eigenvalue weighted by atomic mass is 16.9. The van der Waals surface area contributed by atoms with Crippen LogP contribution in [-0.4, -0.2) is 599 Å². The van der Waals surface area contributed by atoms with Gasteiger partial charge in [0.2, 0.25) is 23.6 Å². The molecule has 0 aromatic rings. The number of hydrogen-bond donors (Lipinski definition) is 34. The van der Waals surface area contributed by atoms with Gasteiger partial charge in [-0.25, -0.2) is 0 Å². The molecule has 0 aliphatic carbocycles. The fourth-order valence-electron chi connectivity index (χ4n) is 19.3. The zero-order valence-corrected chi connectivity index (χ0v) is 79.4. The van der Waals surface area contributed by atoms with Crippen molar-refractivity contribution in [3.63, 3.8) is 0 Å². The van der Waals surface area contributed by atoms with Crippen LogP contribution in [0.5, 0.6) is 0 Å². The standard InChI is InChI=1S/C83H138N4O59/c1-23-30(104)8-82(125-21-98,143-63(23)47(108)32(106)10-88)145-70-51(112)36(14-92)128-78(61(70)122)138-67-40(18-96)133-75(45(56(67)117)86-28(6)102)141-72-58(119)49(110)34(12-90)130-80(72)124-20-42-53(114)69(60(121)77(135-42)137-66-39(17-95)132-74(44(55(66)116)85-27(5)101)136-65-38(16-94)127-25(3)43(54(65)115)84-26(4)100)140-81-73(59(120)50(111)35(13-91)131-81)142-76-46(87-29(7)103)57(118)68(41(19-97)134-76)139-79-62(123)71(52(113)37(15-93)129-79)146-83(126-22-99)9-31(105)24(2)64(144-83)48(109)33(107)11-89/h21-25,30-81,88-97,104-123H,8-20H2,1-7H3,(H,84,100)(H,85,101)(H,86,102)(H,87,103)/t23-,24-,25+,30-,31-,32-,33-,34?,35-,36?,37?,38?,39?,40+,41?,42?,43?,44?,45?,46?,47-,48-,49-,50-,51+,52+,53-,54-,55-,56?,57-,58+,59?,60?,61?,62?,63?,64?,65-,66-,67-,68-,69+,70+,71+,72?,73?,74+,75+,76+,77+,78+,79+,80+,81-,82+,83+/m1/s1. The van der Waals surface area contributed by atoms with Crippen LogP contribution < -0.4 is 21.3 Å². The molecular formula is C83H138N4O59. The largest absolute Gasteiger partial charge is 0.410 e. The number of ether oxygens (including phenoxy) is 23. The summed E-state index contributed by atoms with van der Waals surface area (Å²) in [4.78, 5) is 76.6. The van der Waals surface area contributed by atoms with E-state index in [0.29, 0.717) is 0 Å². The van der Waals surface area contributed by atoms with Crippen LogP contribution in [0.25, 0.3) is 0 Å². The van der Waals surface area contributed by atoms with Gasteiger partial charge in [0.25, 0.3) is 12.9 Å². The molecule has 0 saturated carbocycles. The van der Waals surface area contributed by atoms with Crippen LogP contribution in [0.4, 0.5) is 0 Å². The van der Waals surface area contributed by atoms with Gasteiger partial charge in [0, 0.05) is 39.5 Å². The highest BCUT2D eigenvalue weighted by Crippen LogP contribution is 2.46. The number of hydrogen-bond acceptors (Lipinski definition) is 59. The van der Waals surface area contributed by atoms with Crippen LogP contribution in [-0.2, 0) is 138 Å². The molecular weight excluding hydrogens is 2000 g/mol. The lowest BCUT2D eigenvalue weighted by Gasteiger charge is -2.51. The summed E-state index contributed by atoms with van der Waals surface area (Å²) in [6.07, 6.45) is -107. The van der Waals surface area contributed by atoms with Gasteiger partial charge in [0.15, 0.2) is 50.3 Å². The molecule has 146 heavy (non-hydrogen) atoms. The van der Waals surface area contributed by atoms with Crippen LogP contribution in [0.1, 0.15) is 61.3 Å². The maximum atomic E-state index is 13.4. The molecule has 0 bridgehead atoms. The summed E-state index contributed by atoms with van der Waals surface area (Å²) in [6, 6.07) is -7.43. The Morgan fingerprint density at radius 1 is 0.308 bits per heavy atom. The summed E-state index contributed by atoms with van der Waals surface area (Å²) < 4.78 is 137. The highest BCUT2D eigenvalue weighted by Gasteiger charge is 2.65. The van der Waals surface area contributed by atoms with Crippen LogP contribution in [0.15, 0.2) is 0 Å². The van der Waals surface area contributed by atoms with E-state index in [9.17, 15) is 182 Å². The molecule has 11 aliphatic heterocycles. The fourth-order valence-corrected chi connectivity index (χ4v) is 19.3. The molecule has 844 valence electrons. The third-order valence-corrected chi connectivity index (χ3v) is 27.3.